The van der Waals surface area contributed by atoms with Crippen molar-refractivity contribution in [2.24, 2.45) is 5.41 Å². The van der Waals surface area contributed by atoms with Crippen LogP contribution in [0.2, 0.25) is 0 Å². The average molecular weight is 276 g/mol. The van der Waals surface area contributed by atoms with Gasteiger partial charge in [-0.15, -0.1) is 0 Å². The molecule has 20 heavy (non-hydrogen) atoms. The molecule has 0 saturated heterocycles. The van der Waals surface area contributed by atoms with Crippen molar-refractivity contribution in [1.82, 2.24) is 5.32 Å². The number of carboxylic acid groups (broad SMARTS) is 1. The maximum Gasteiger partial charge on any atom is 0.319 e. The second kappa shape index (κ2) is 5.94. The number of urea groups is 1. The van der Waals surface area contributed by atoms with Crippen LogP contribution in [0.3, 0.4) is 0 Å². The predicted molar refractivity (Wildman–Crippen MR) is 76.8 cm³/mol. The van der Waals surface area contributed by atoms with Crippen LogP contribution in [0.1, 0.15) is 31.7 Å². The van der Waals surface area contributed by atoms with E-state index in [2.05, 4.69) is 17.6 Å². The Hall–Kier alpha value is -2.04. The monoisotopic (exact) mass is 276 g/mol. The van der Waals surface area contributed by atoms with Gasteiger partial charge in [-0.25, -0.2) is 4.79 Å². The number of nitrogens with one attached hydrogen (secondary N) is 2. The fraction of sp³-hybridized carbons (Fsp3) is 0.467. The number of rotatable bonds is 6. The Balaban J connectivity index is 1.83. The third-order valence-electron chi connectivity index (χ3n) is 3.59. The minimum atomic E-state index is -0.821. The molecule has 5 heteroatoms. The molecule has 0 radical (unpaired) electrons. The third-order valence-corrected chi connectivity index (χ3v) is 3.59. The van der Waals surface area contributed by atoms with Crippen molar-refractivity contribution in [1.29, 1.82) is 0 Å². The molecular formula is C15H20N2O3. The number of benzene rings is 1. The maximum atomic E-state index is 11.7. The van der Waals surface area contributed by atoms with Crippen molar-refractivity contribution < 1.29 is 14.7 Å². The molecule has 2 amide bonds. The van der Waals surface area contributed by atoms with Gasteiger partial charge in [0.15, 0.2) is 0 Å². The number of hydrogen-bond donors (Lipinski definition) is 3. The highest BCUT2D eigenvalue weighted by molar-refractivity contribution is 5.89. The molecule has 0 bridgehead atoms. The SMILES string of the molecule is CC1(CNC(=O)Nc2cccc(CCC(=O)O)c2)CC1. The lowest BCUT2D eigenvalue weighted by Gasteiger charge is -2.11. The van der Waals surface area contributed by atoms with Crippen molar-refractivity contribution in [3.63, 3.8) is 0 Å². The van der Waals surface area contributed by atoms with Gasteiger partial charge in [0.25, 0.3) is 0 Å². The van der Waals surface area contributed by atoms with E-state index in [1.807, 2.05) is 12.1 Å². The van der Waals surface area contributed by atoms with Gasteiger partial charge >= 0.3 is 12.0 Å². The van der Waals surface area contributed by atoms with E-state index in [0.29, 0.717) is 18.7 Å². The number of carboxylic acids is 1. The molecule has 0 unspecified atom stereocenters. The normalized spacial score (nSPS) is 15.4. The smallest absolute Gasteiger partial charge is 0.319 e. The standard InChI is InChI=1S/C15H20N2O3/c1-15(7-8-15)10-16-14(20)17-12-4-2-3-11(9-12)5-6-13(18)19/h2-4,9H,5-8,10H2,1H3,(H,18,19)(H2,16,17,20). The summed E-state index contributed by atoms with van der Waals surface area (Å²) < 4.78 is 0. The number of carbonyl (C=O) groups excluding carboxylic acids is 1. The molecule has 1 aliphatic carbocycles. The molecule has 0 heterocycles. The van der Waals surface area contributed by atoms with Crippen LogP contribution in [0, 0.1) is 5.41 Å². The summed E-state index contributed by atoms with van der Waals surface area (Å²) in [5.41, 5.74) is 1.87. The van der Waals surface area contributed by atoms with Gasteiger partial charge < -0.3 is 15.7 Å². The summed E-state index contributed by atoms with van der Waals surface area (Å²) in [6.45, 7) is 2.84. The summed E-state index contributed by atoms with van der Waals surface area (Å²) in [5, 5.41) is 14.3. The summed E-state index contributed by atoms with van der Waals surface area (Å²) in [6.07, 6.45) is 2.88. The molecule has 1 saturated carbocycles. The first-order valence-corrected chi connectivity index (χ1v) is 6.82. The summed E-state index contributed by atoms with van der Waals surface area (Å²) >= 11 is 0. The van der Waals surface area contributed by atoms with Gasteiger partial charge in [-0.1, -0.05) is 19.1 Å². The van der Waals surface area contributed by atoms with E-state index in [0.717, 1.165) is 18.4 Å². The summed E-state index contributed by atoms with van der Waals surface area (Å²) in [6, 6.07) is 7.06. The predicted octanol–water partition coefficient (Wildman–Crippen LogP) is 2.63. The molecule has 3 N–H and O–H groups in total. The number of amides is 2. The fourth-order valence-corrected chi connectivity index (χ4v) is 1.91. The average Bonchev–Trinajstić information content (AvgIpc) is 3.13. The largest absolute Gasteiger partial charge is 0.481 e. The van der Waals surface area contributed by atoms with Crippen LogP contribution < -0.4 is 10.6 Å². The van der Waals surface area contributed by atoms with Crippen molar-refractivity contribution in [2.45, 2.75) is 32.6 Å². The lowest BCUT2D eigenvalue weighted by Crippen LogP contribution is -2.32. The Kier molecular flexibility index (Phi) is 4.27. The molecule has 1 aromatic carbocycles. The zero-order valence-electron chi connectivity index (χ0n) is 11.6. The van der Waals surface area contributed by atoms with Crippen LogP contribution in [0.25, 0.3) is 0 Å². The highest BCUT2D eigenvalue weighted by atomic mass is 16.4. The first kappa shape index (κ1) is 14.4. The Morgan fingerprint density at radius 3 is 2.75 bits per heavy atom. The summed E-state index contributed by atoms with van der Waals surface area (Å²) in [7, 11) is 0. The highest BCUT2D eigenvalue weighted by Crippen LogP contribution is 2.43. The van der Waals surface area contributed by atoms with Crippen LogP contribution >= 0.6 is 0 Å². The molecule has 5 nitrogen and oxygen atoms in total. The first-order chi connectivity index (χ1) is 9.47. The molecule has 2 rings (SSSR count). The number of anilines is 1. The summed E-state index contributed by atoms with van der Waals surface area (Å²) in [5.74, 6) is -0.821. The van der Waals surface area contributed by atoms with E-state index in [1.165, 1.54) is 0 Å². The lowest BCUT2D eigenvalue weighted by molar-refractivity contribution is -0.136. The minimum absolute atomic E-state index is 0.0913. The maximum absolute atomic E-state index is 11.7. The summed E-state index contributed by atoms with van der Waals surface area (Å²) in [4.78, 5) is 22.3. The molecule has 0 aromatic heterocycles. The van der Waals surface area contributed by atoms with E-state index < -0.39 is 5.97 Å². The van der Waals surface area contributed by atoms with Crippen LogP contribution in [0.15, 0.2) is 24.3 Å². The molecule has 0 spiro atoms. The second-order valence-corrected chi connectivity index (χ2v) is 5.71. The molecule has 1 aliphatic rings. The van der Waals surface area contributed by atoms with Crippen LogP contribution in [-0.2, 0) is 11.2 Å². The zero-order chi connectivity index (χ0) is 14.6. The van der Waals surface area contributed by atoms with E-state index in [1.54, 1.807) is 12.1 Å². The molecule has 108 valence electrons. The van der Waals surface area contributed by atoms with Crippen molar-refractivity contribution in [3.05, 3.63) is 29.8 Å². The van der Waals surface area contributed by atoms with E-state index in [4.69, 9.17) is 5.11 Å². The number of carbonyl (C=O) groups is 2. The van der Waals surface area contributed by atoms with Crippen molar-refractivity contribution >= 4 is 17.7 Å². The molecule has 1 aromatic rings. The Morgan fingerprint density at radius 1 is 1.35 bits per heavy atom. The van der Waals surface area contributed by atoms with Gasteiger partial charge in [0.2, 0.25) is 0 Å². The Labute approximate surface area is 118 Å². The quantitative estimate of drug-likeness (QED) is 0.747. The van der Waals surface area contributed by atoms with Crippen LogP contribution in [-0.4, -0.2) is 23.7 Å². The molecular weight excluding hydrogens is 256 g/mol. The molecule has 1 fully saturated rings. The molecule has 0 aliphatic heterocycles. The van der Waals surface area contributed by atoms with Gasteiger partial charge in [-0.2, -0.15) is 0 Å². The number of aryl methyl sites for hydroxylation is 1. The number of hydrogen-bond acceptors (Lipinski definition) is 2. The highest BCUT2D eigenvalue weighted by Gasteiger charge is 2.37. The van der Waals surface area contributed by atoms with Gasteiger partial charge in [-0.3, -0.25) is 4.79 Å². The number of aliphatic carboxylic acids is 1. The first-order valence-electron chi connectivity index (χ1n) is 6.82. The van der Waals surface area contributed by atoms with E-state index >= 15 is 0 Å². The Morgan fingerprint density at radius 2 is 2.10 bits per heavy atom. The van der Waals surface area contributed by atoms with Gasteiger partial charge in [0.1, 0.15) is 0 Å². The van der Waals surface area contributed by atoms with Gasteiger partial charge in [0.05, 0.1) is 0 Å². The fourth-order valence-electron chi connectivity index (χ4n) is 1.91. The lowest BCUT2D eigenvalue weighted by atomic mass is 10.1. The third kappa shape index (κ3) is 4.57. The zero-order valence-corrected chi connectivity index (χ0v) is 11.6. The van der Waals surface area contributed by atoms with Crippen molar-refractivity contribution in [3.8, 4) is 0 Å². The topological polar surface area (TPSA) is 78.4 Å². The Bertz CT molecular complexity index is 510. The van der Waals surface area contributed by atoms with Gasteiger partial charge in [-0.05, 0) is 42.4 Å². The van der Waals surface area contributed by atoms with Crippen molar-refractivity contribution in [2.75, 3.05) is 11.9 Å². The van der Waals surface area contributed by atoms with E-state index in [9.17, 15) is 9.59 Å². The molecule has 0 atom stereocenters. The van der Waals surface area contributed by atoms with E-state index in [-0.39, 0.29) is 17.9 Å². The van der Waals surface area contributed by atoms with Gasteiger partial charge in [0, 0.05) is 18.7 Å². The van der Waals surface area contributed by atoms with Crippen LogP contribution in [0.4, 0.5) is 10.5 Å². The minimum Gasteiger partial charge on any atom is -0.481 e. The van der Waals surface area contributed by atoms with Crippen LogP contribution in [0.5, 0.6) is 0 Å². The second-order valence-electron chi connectivity index (χ2n) is 5.71.